The van der Waals surface area contributed by atoms with E-state index in [2.05, 4.69) is 4.74 Å². The molecule has 0 heterocycles. The van der Waals surface area contributed by atoms with E-state index in [1.807, 2.05) is 0 Å². The zero-order valence-electron chi connectivity index (χ0n) is 8.93. The first-order valence-electron chi connectivity index (χ1n) is 4.61. The molecule has 1 aromatic carbocycles. The molecule has 0 saturated heterocycles. The predicted octanol–water partition coefficient (Wildman–Crippen LogP) is 1.37. The van der Waals surface area contributed by atoms with Crippen molar-refractivity contribution >= 4 is 11.9 Å². The van der Waals surface area contributed by atoms with Crippen molar-refractivity contribution in [3.63, 3.8) is 0 Å². The third-order valence-electron chi connectivity index (χ3n) is 2.30. The zero-order valence-corrected chi connectivity index (χ0v) is 8.93. The predicted molar refractivity (Wildman–Crippen MR) is 55.5 cm³/mol. The fraction of sp³-hybridized carbons (Fsp3) is 0.273. The molecule has 0 bridgehead atoms. The normalized spacial score (nSPS) is 11.9. The van der Waals surface area contributed by atoms with Gasteiger partial charge in [-0.2, -0.15) is 0 Å². The summed E-state index contributed by atoms with van der Waals surface area (Å²) < 4.78 is 4.47. The van der Waals surface area contributed by atoms with Crippen molar-refractivity contribution in [1.82, 2.24) is 0 Å². The number of aromatic hydroxyl groups is 1. The number of esters is 1. The highest BCUT2D eigenvalue weighted by atomic mass is 16.5. The number of phenolic OH excluding ortho intramolecular Hbond substituents is 1. The molecule has 0 aliphatic carbocycles. The molecular weight excluding hydrogens is 212 g/mol. The van der Waals surface area contributed by atoms with E-state index in [0.717, 1.165) is 0 Å². The van der Waals surface area contributed by atoms with Gasteiger partial charge in [-0.1, -0.05) is 6.07 Å². The van der Waals surface area contributed by atoms with Crippen molar-refractivity contribution in [2.45, 2.75) is 12.8 Å². The van der Waals surface area contributed by atoms with E-state index in [9.17, 15) is 14.7 Å². The van der Waals surface area contributed by atoms with Crippen LogP contribution >= 0.6 is 0 Å². The van der Waals surface area contributed by atoms with Crippen LogP contribution in [0.1, 0.15) is 28.8 Å². The second-order valence-corrected chi connectivity index (χ2v) is 3.33. The molecule has 5 heteroatoms. The fourth-order valence-electron chi connectivity index (χ4n) is 1.24. The number of carboxylic acid groups (broad SMARTS) is 1. The van der Waals surface area contributed by atoms with Gasteiger partial charge < -0.3 is 14.9 Å². The Kier molecular flexibility index (Phi) is 3.50. The molecule has 0 amide bonds. The number of carboxylic acids is 1. The van der Waals surface area contributed by atoms with Crippen LogP contribution in [0, 0.1) is 0 Å². The number of benzene rings is 1. The summed E-state index contributed by atoms with van der Waals surface area (Å²) >= 11 is 0. The minimum Gasteiger partial charge on any atom is -0.507 e. The molecule has 1 aromatic rings. The van der Waals surface area contributed by atoms with Crippen LogP contribution in [0.15, 0.2) is 18.2 Å². The number of hydrogen-bond acceptors (Lipinski definition) is 4. The van der Waals surface area contributed by atoms with Crippen molar-refractivity contribution in [2.75, 3.05) is 7.11 Å². The van der Waals surface area contributed by atoms with Crippen molar-refractivity contribution < 1.29 is 24.5 Å². The molecule has 0 aliphatic heterocycles. The van der Waals surface area contributed by atoms with Crippen LogP contribution in [0.5, 0.6) is 5.75 Å². The van der Waals surface area contributed by atoms with Crippen LogP contribution in [-0.4, -0.2) is 29.3 Å². The Labute approximate surface area is 92.3 Å². The lowest BCUT2D eigenvalue weighted by Gasteiger charge is -2.09. The third kappa shape index (κ3) is 2.31. The Morgan fingerprint density at radius 1 is 1.38 bits per heavy atom. The smallest absolute Gasteiger partial charge is 0.341 e. The van der Waals surface area contributed by atoms with E-state index in [4.69, 9.17) is 5.11 Å². The summed E-state index contributed by atoms with van der Waals surface area (Å²) in [6.07, 6.45) is 0. The van der Waals surface area contributed by atoms with Crippen LogP contribution in [-0.2, 0) is 9.53 Å². The van der Waals surface area contributed by atoms with Gasteiger partial charge >= 0.3 is 11.9 Å². The van der Waals surface area contributed by atoms with Gasteiger partial charge in [-0.25, -0.2) is 4.79 Å². The lowest BCUT2D eigenvalue weighted by Crippen LogP contribution is -2.09. The molecule has 0 spiro atoms. The molecule has 0 radical (unpaired) electrons. The maximum atomic E-state index is 11.2. The Morgan fingerprint density at radius 3 is 2.50 bits per heavy atom. The molecule has 86 valence electrons. The van der Waals surface area contributed by atoms with E-state index in [0.29, 0.717) is 5.56 Å². The van der Waals surface area contributed by atoms with E-state index in [-0.39, 0.29) is 11.3 Å². The third-order valence-corrected chi connectivity index (χ3v) is 2.30. The first kappa shape index (κ1) is 12.0. The van der Waals surface area contributed by atoms with Crippen molar-refractivity contribution in [2.24, 2.45) is 0 Å². The lowest BCUT2D eigenvalue weighted by molar-refractivity contribution is -0.138. The SMILES string of the molecule is COC(=O)c1cc(C(C)C(=O)O)ccc1O. The van der Waals surface area contributed by atoms with Gasteiger partial charge in [-0.3, -0.25) is 4.79 Å². The molecule has 1 rings (SSSR count). The molecule has 1 atom stereocenters. The number of methoxy groups -OCH3 is 1. The Balaban J connectivity index is 3.17. The average molecular weight is 224 g/mol. The van der Waals surface area contributed by atoms with Crippen LogP contribution < -0.4 is 0 Å². The quantitative estimate of drug-likeness (QED) is 0.757. The number of carbonyl (C=O) groups is 2. The van der Waals surface area contributed by atoms with Gasteiger partial charge in [0, 0.05) is 0 Å². The lowest BCUT2D eigenvalue weighted by atomic mass is 9.99. The fourth-order valence-corrected chi connectivity index (χ4v) is 1.24. The van der Waals surface area contributed by atoms with Crippen LogP contribution in [0.3, 0.4) is 0 Å². The molecule has 0 aromatic heterocycles. The highest BCUT2D eigenvalue weighted by molar-refractivity contribution is 5.93. The van der Waals surface area contributed by atoms with Crippen molar-refractivity contribution in [3.05, 3.63) is 29.3 Å². The Bertz CT molecular complexity index is 424. The summed E-state index contributed by atoms with van der Waals surface area (Å²) in [5, 5.41) is 18.2. The first-order chi connectivity index (χ1) is 7.47. The largest absolute Gasteiger partial charge is 0.507 e. The van der Waals surface area contributed by atoms with Gasteiger partial charge in [0.2, 0.25) is 0 Å². The van der Waals surface area contributed by atoms with Crippen LogP contribution in [0.4, 0.5) is 0 Å². The minimum atomic E-state index is -0.999. The monoisotopic (exact) mass is 224 g/mol. The second kappa shape index (κ2) is 4.65. The Hall–Kier alpha value is -2.04. The average Bonchev–Trinajstić information content (AvgIpc) is 2.27. The Morgan fingerprint density at radius 2 is 2.00 bits per heavy atom. The molecule has 0 aliphatic rings. The molecule has 5 nitrogen and oxygen atoms in total. The number of phenols is 1. The van der Waals surface area contributed by atoms with Gasteiger partial charge in [-0.05, 0) is 24.6 Å². The van der Waals surface area contributed by atoms with Gasteiger partial charge in [0.25, 0.3) is 0 Å². The topological polar surface area (TPSA) is 83.8 Å². The second-order valence-electron chi connectivity index (χ2n) is 3.33. The first-order valence-corrected chi connectivity index (χ1v) is 4.61. The van der Waals surface area contributed by atoms with E-state index in [1.165, 1.54) is 32.2 Å². The highest BCUT2D eigenvalue weighted by Gasteiger charge is 2.18. The maximum absolute atomic E-state index is 11.2. The summed E-state index contributed by atoms with van der Waals surface area (Å²) in [4.78, 5) is 22.0. The van der Waals surface area contributed by atoms with Crippen molar-refractivity contribution in [3.8, 4) is 5.75 Å². The molecule has 0 saturated carbocycles. The van der Waals surface area contributed by atoms with Gasteiger partial charge in [0.15, 0.2) is 0 Å². The molecule has 16 heavy (non-hydrogen) atoms. The summed E-state index contributed by atoms with van der Waals surface area (Å²) in [5.41, 5.74) is 0.402. The number of rotatable bonds is 3. The van der Waals surface area contributed by atoms with Gasteiger partial charge in [-0.15, -0.1) is 0 Å². The summed E-state index contributed by atoms with van der Waals surface area (Å²) in [5.74, 6) is -2.67. The standard InChI is InChI=1S/C11H12O5/c1-6(10(13)14)7-3-4-9(12)8(5-7)11(15)16-2/h3-6,12H,1-2H3,(H,13,14). The maximum Gasteiger partial charge on any atom is 0.341 e. The van der Waals surface area contributed by atoms with Crippen molar-refractivity contribution in [1.29, 1.82) is 0 Å². The number of hydrogen-bond donors (Lipinski definition) is 2. The van der Waals surface area contributed by atoms with Crippen LogP contribution in [0.25, 0.3) is 0 Å². The van der Waals surface area contributed by atoms with E-state index in [1.54, 1.807) is 0 Å². The summed E-state index contributed by atoms with van der Waals surface area (Å²) in [6.45, 7) is 1.50. The van der Waals surface area contributed by atoms with E-state index < -0.39 is 17.9 Å². The summed E-state index contributed by atoms with van der Waals surface area (Å²) in [6, 6.07) is 4.06. The highest BCUT2D eigenvalue weighted by Crippen LogP contribution is 2.24. The van der Waals surface area contributed by atoms with E-state index >= 15 is 0 Å². The molecule has 1 unspecified atom stereocenters. The molecule has 2 N–H and O–H groups in total. The van der Waals surface area contributed by atoms with Crippen LogP contribution in [0.2, 0.25) is 0 Å². The molecule has 0 fully saturated rings. The zero-order chi connectivity index (χ0) is 12.3. The summed E-state index contributed by atoms with van der Waals surface area (Å²) in [7, 11) is 1.19. The number of carbonyl (C=O) groups excluding carboxylic acids is 1. The van der Waals surface area contributed by atoms with Gasteiger partial charge in [0.05, 0.1) is 13.0 Å². The number of aliphatic carboxylic acids is 1. The van der Waals surface area contributed by atoms with Gasteiger partial charge in [0.1, 0.15) is 11.3 Å². The molecular formula is C11H12O5. The minimum absolute atomic E-state index is 0.0342. The number of ether oxygens (including phenoxy) is 1.